The molecule has 1 rings (SSSR count). The molecule has 4 nitrogen and oxygen atoms in total. The highest BCUT2D eigenvalue weighted by molar-refractivity contribution is 5.54. The van der Waals surface area contributed by atoms with E-state index in [1.54, 1.807) is 0 Å². The zero-order valence-electron chi connectivity index (χ0n) is 10.0. The normalized spacial score (nSPS) is 10.9. The summed E-state index contributed by atoms with van der Waals surface area (Å²) in [4.78, 5) is 0. The van der Waals surface area contributed by atoms with Crippen LogP contribution in [0.15, 0.2) is 12.1 Å². The smallest absolute Gasteiger partial charge is 0.201 e. The van der Waals surface area contributed by atoms with Gasteiger partial charge in [0.15, 0.2) is 11.5 Å². The molecule has 2 N–H and O–H groups in total. The minimum absolute atomic E-state index is 0.00380. The first kappa shape index (κ1) is 12.5. The van der Waals surface area contributed by atoms with Crippen molar-refractivity contribution in [2.75, 3.05) is 0 Å². The van der Waals surface area contributed by atoms with Crippen LogP contribution in [0.25, 0.3) is 0 Å². The zero-order valence-corrected chi connectivity index (χ0v) is 10.0. The molecule has 90 valence electrons. The van der Waals surface area contributed by atoms with Crippen LogP contribution < -0.4 is 9.47 Å². The highest BCUT2D eigenvalue weighted by Gasteiger charge is 2.14. The maximum absolute atomic E-state index is 9.85. The van der Waals surface area contributed by atoms with E-state index in [2.05, 4.69) is 0 Å². The molecule has 0 atom stereocenters. The van der Waals surface area contributed by atoms with Crippen LogP contribution in [0.2, 0.25) is 0 Å². The molecule has 1 aromatic carbocycles. The summed E-state index contributed by atoms with van der Waals surface area (Å²) >= 11 is 0. The average Bonchev–Trinajstić information content (AvgIpc) is 2.11. The Hall–Kier alpha value is -1.58. The molecule has 0 heterocycles. The molecule has 0 aliphatic heterocycles. The molecule has 0 saturated carbocycles. The Morgan fingerprint density at radius 1 is 0.875 bits per heavy atom. The number of ether oxygens (including phenoxy) is 2. The van der Waals surface area contributed by atoms with Crippen LogP contribution in [0.4, 0.5) is 0 Å². The Morgan fingerprint density at radius 3 is 1.56 bits per heavy atom. The van der Waals surface area contributed by atoms with Crippen LogP contribution in [-0.4, -0.2) is 22.4 Å². The number of phenolic OH excluding ortho intramolecular Hbond substituents is 2. The molecule has 0 saturated heterocycles. The maximum atomic E-state index is 9.85. The van der Waals surface area contributed by atoms with Crippen molar-refractivity contribution in [1.82, 2.24) is 0 Å². The molecule has 1 aromatic rings. The van der Waals surface area contributed by atoms with Crippen molar-refractivity contribution in [3.8, 4) is 23.0 Å². The molecule has 0 amide bonds. The zero-order chi connectivity index (χ0) is 12.3. The third kappa shape index (κ3) is 3.22. The number of rotatable bonds is 4. The fourth-order valence-electron chi connectivity index (χ4n) is 1.26. The Morgan fingerprint density at radius 2 is 1.25 bits per heavy atom. The molecule has 16 heavy (non-hydrogen) atoms. The van der Waals surface area contributed by atoms with Crippen molar-refractivity contribution in [3.63, 3.8) is 0 Å². The van der Waals surface area contributed by atoms with Crippen LogP contribution in [0.3, 0.4) is 0 Å². The molecule has 0 aromatic heterocycles. The van der Waals surface area contributed by atoms with E-state index in [1.807, 2.05) is 27.7 Å². The van der Waals surface area contributed by atoms with Gasteiger partial charge in [-0.2, -0.15) is 0 Å². The third-order valence-electron chi connectivity index (χ3n) is 1.75. The number of aromatic hydroxyl groups is 2. The molecule has 0 spiro atoms. The second kappa shape index (κ2) is 4.96. The second-order valence-corrected chi connectivity index (χ2v) is 4.12. The summed E-state index contributed by atoms with van der Waals surface area (Å²) in [7, 11) is 0. The van der Waals surface area contributed by atoms with Crippen molar-refractivity contribution in [2.24, 2.45) is 0 Å². The quantitative estimate of drug-likeness (QED) is 0.775. The Balaban J connectivity index is 3.05. The van der Waals surface area contributed by atoms with E-state index in [9.17, 15) is 10.2 Å². The van der Waals surface area contributed by atoms with Gasteiger partial charge in [-0.05, 0) is 27.7 Å². The SMILES string of the molecule is CC(C)Oc1cc(O)cc(OC(C)C)c1O. The van der Waals surface area contributed by atoms with Crippen molar-refractivity contribution in [3.05, 3.63) is 12.1 Å². The molecule has 0 aliphatic rings. The van der Waals surface area contributed by atoms with Crippen LogP contribution >= 0.6 is 0 Å². The fraction of sp³-hybridized carbons (Fsp3) is 0.500. The average molecular weight is 226 g/mol. The second-order valence-electron chi connectivity index (χ2n) is 4.12. The molecule has 0 aliphatic carbocycles. The van der Waals surface area contributed by atoms with E-state index < -0.39 is 0 Å². The first-order valence-corrected chi connectivity index (χ1v) is 5.29. The predicted molar refractivity (Wildman–Crippen MR) is 61.3 cm³/mol. The Kier molecular flexibility index (Phi) is 3.88. The van der Waals surface area contributed by atoms with Gasteiger partial charge in [0.25, 0.3) is 0 Å². The van der Waals surface area contributed by atoms with Gasteiger partial charge in [0.2, 0.25) is 5.75 Å². The van der Waals surface area contributed by atoms with Crippen LogP contribution in [0.5, 0.6) is 23.0 Å². The summed E-state index contributed by atoms with van der Waals surface area (Å²) < 4.78 is 10.7. The van der Waals surface area contributed by atoms with Crippen LogP contribution in [-0.2, 0) is 0 Å². The summed E-state index contributed by atoms with van der Waals surface area (Å²) in [5.41, 5.74) is 0. The summed E-state index contributed by atoms with van der Waals surface area (Å²) in [6.45, 7) is 7.36. The van der Waals surface area contributed by atoms with Crippen LogP contribution in [0, 0.1) is 0 Å². The minimum Gasteiger partial charge on any atom is -0.508 e. The van der Waals surface area contributed by atoms with Crippen molar-refractivity contribution >= 4 is 0 Å². The van der Waals surface area contributed by atoms with Gasteiger partial charge in [0, 0.05) is 12.1 Å². The topological polar surface area (TPSA) is 58.9 Å². The molecule has 0 unspecified atom stereocenters. The Labute approximate surface area is 95.4 Å². The maximum Gasteiger partial charge on any atom is 0.201 e. The lowest BCUT2D eigenvalue weighted by Crippen LogP contribution is -2.08. The molecule has 0 fully saturated rings. The first-order valence-electron chi connectivity index (χ1n) is 5.29. The van der Waals surface area contributed by atoms with E-state index in [1.165, 1.54) is 12.1 Å². The van der Waals surface area contributed by atoms with Gasteiger partial charge < -0.3 is 19.7 Å². The fourth-order valence-corrected chi connectivity index (χ4v) is 1.26. The lowest BCUT2D eigenvalue weighted by atomic mass is 10.2. The summed E-state index contributed by atoms with van der Waals surface area (Å²) in [5, 5.41) is 19.3. The Bertz CT molecular complexity index is 327. The van der Waals surface area contributed by atoms with Gasteiger partial charge >= 0.3 is 0 Å². The molecule has 0 bridgehead atoms. The van der Waals surface area contributed by atoms with Gasteiger partial charge in [-0.1, -0.05) is 0 Å². The van der Waals surface area contributed by atoms with Gasteiger partial charge in [0.1, 0.15) is 5.75 Å². The van der Waals surface area contributed by atoms with Gasteiger partial charge in [-0.25, -0.2) is 0 Å². The monoisotopic (exact) mass is 226 g/mol. The van der Waals surface area contributed by atoms with E-state index in [0.717, 1.165) is 0 Å². The van der Waals surface area contributed by atoms with Gasteiger partial charge in [0.05, 0.1) is 12.2 Å². The minimum atomic E-state index is -0.0837. The number of hydrogen-bond donors (Lipinski definition) is 2. The third-order valence-corrected chi connectivity index (χ3v) is 1.75. The summed E-state index contributed by atoms with van der Waals surface area (Å²) in [6, 6.07) is 2.73. The highest BCUT2D eigenvalue weighted by Crippen LogP contribution is 2.40. The molecular weight excluding hydrogens is 208 g/mol. The van der Waals surface area contributed by atoms with E-state index in [4.69, 9.17) is 9.47 Å². The van der Waals surface area contributed by atoms with E-state index in [-0.39, 0.29) is 35.2 Å². The summed E-state index contributed by atoms with van der Waals surface area (Å²) in [5.74, 6) is 0.376. The van der Waals surface area contributed by atoms with Gasteiger partial charge in [-0.3, -0.25) is 0 Å². The number of hydrogen-bond acceptors (Lipinski definition) is 4. The lowest BCUT2D eigenvalue weighted by molar-refractivity contribution is 0.209. The molecule has 4 heteroatoms. The first-order chi connectivity index (χ1) is 7.40. The van der Waals surface area contributed by atoms with Crippen LogP contribution in [0.1, 0.15) is 27.7 Å². The van der Waals surface area contributed by atoms with E-state index in [0.29, 0.717) is 0 Å². The van der Waals surface area contributed by atoms with Gasteiger partial charge in [-0.15, -0.1) is 0 Å². The number of benzene rings is 1. The highest BCUT2D eigenvalue weighted by atomic mass is 16.5. The van der Waals surface area contributed by atoms with Crippen molar-refractivity contribution < 1.29 is 19.7 Å². The predicted octanol–water partition coefficient (Wildman–Crippen LogP) is 2.67. The summed E-state index contributed by atoms with van der Waals surface area (Å²) in [6.07, 6.45) is -0.167. The molecule has 0 radical (unpaired) electrons. The largest absolute Gasteiger partial charge is 0.508 e. The van der Waals surface area contributed by atoms with E-state index >= 15 is 0 Å². The number of phenols is 2. The standard InChI is InChI=1S/C12H18O4/c1-7(2)15-10-5-9(13)6-11(12(10)14)16-8(3)4/h5-8,13-14H,1-4H3. The molecular formula is C12H18O4. The lowest BCUT2D eigenvalue weighted by Gasteiger charge is -2.16. The van der Waals surface area contributed by atoms with Crippen molar-refractivity contribution in [1.29, 1.82) is 0 Å². The van der Waals surface area contributed by atoms with Crippen molar-refractivity contribution in [2.45, 2.75) is 39.9 Å².